The van der Waals surface area contributed by atoms with Gasteiger partial charge in [0.2, 0.25) is 0 Å². The van der Waals surface area contributed by atoms with E-state index in [0.29, 0.717) is 23.8 Å². The number of carbonyl (C=O) groups is 1. The van der Waals surface area contributed by atoms with E-state index in [9.17, 15) is 17.6 Å². The largest absolute Gasteiger partial charge is 0.495 e. The Labute approximate surface area is 179 Å². The minimum atomic E-state index is -3.56. The van der Waals surface area contributed by atoms with Crippen LogP contribution in [-0.4, -0.2) is 43.3 Å². The highest BCUT2D eigenvalue weighted by atomic mass is 32.2. The zero-order chi connectivity index (χ0) is 22.2. The van der Waals surface area contributed by atoms with Crippen LogP contribution in [0.1, 0.15) is 41.4 Å². The van der Waals surface area contributed by atoms with Crippen LogP contribution in [0.4, 0.5) is 10.1 Å². The number of amidine groups is 1. The van der Waals surface area contributed by atoms with Crippen molar-refractivity contribution in [2.75, 3.05) is 18.2 Å². The highest BCUT2D eigenvalue weighted by molar-refractivity contribution is 7.92. The lowest BCUT2D eigenvalue weighted by molar-refractivity contribution is 0.102. The Bertz CT molecular complexity index is 1130. The molecule has 164 valence electrons. The summed E-state index contributed by atoms with van der Waals surface area (Å²) in [5.41, 5.74) is 6.50. The van der Waals surface area contributed by atoms with Gasteiger partial charge in [0, 0.05) is 11.3 Å². The van der Waals surface area contributed by atoms with E-state index >= 15 is 0 Å². The van der Waals surface area contributed by atoms with E-state index in [1.54, 1.807) is 6.07 Å². The molecule has 1 amide bonds. The number of nitrogens with zero attached hydrogens (tertiary/aromatic N) is 2. The number of rotatable bonds is 6. The third-order valence-corrected chi connectivity index (χ3v) is 7.60. The quantitative estimate of drug-likeness (QED) is 0.703. The van der Waals surface area contributed by atoms with Crippen molar-refractivity contribution in [3.8, 4) is 5.75 Å². The van der Waals surface area contributed by atoms with E-state index in [2.05, 4.69) is 15.3 Å². The standard InChI is InChI=1S/C21H23FN4O4S/c1-30-14-5-7-17(24-10-14)21(27)25-13-4-6-16(22)15(9-13)18-11-31(28,29)19(20(23)26-18)8-12-2-3-12/h4-7,9-10,12,18-19H,2-3,8,11H2,1H3,(H2,23,26)(H,25,27). The highest BCUT2D eigenvalue weighted by Crippen LogP contribution is 2.38. The average molecular weight is 447 g/mol. The van der Waals surface area contributed by atoms with E-state index < -0.39 is 32.9 Å². The number of amides is 1. The highest BCUT2D eigenvalue weighted by Gasteiger charge is 2.40. The van der Waals surface area contributed by atoms with Gasteiger partial charge in [0.15, 0.2) is 9.84 Å². The molecule has 0 saturated heterocycles. The first kappa shape index (κ1) is 21.2. The van der Waals surface area contributed by atoms with Crippen LogP contribution in [0.3, 0.4) is 0 Å². The van der Waals surface area contributed by atoms with Gasteiger partial charge in [-0.2, -0.15) is 0 Å². The molecule has 1 aliphatic heterocycles. The number of halogens is 1. The third kappa shape index (κ3) is 4.68. The average Bonchev–Trinajstić information content (AvgIpc) is 3.56. The number of carbonyl (C=O) groups excluding carboxylic acids is 1. The smallest absolute Gasteiger partial charge is 0.274 e. The molecule has 2 unspecified atom stereocenters. The fourth-order valence-corrected chi connectivity index (χ4v) is 5.53. The van der Waals surface area contributed by atoms with E-state index in [1.165, 1.54) is 37.6 Å². The lowest BCUT2D eigenvalue weighted by Gasteiger charge is -2.26. The Morgan fingerprint density at radius 3 is 2.68 bits per heavy atom. The number of methoxy groups -OCH3 is 1. The number of nitrogens with one attached hydrogen (secondary N) is 1. The number of hydrogen-bond acceptors (Lipinski definition) is 7. The van der Waals surface area contributed by atoms with Crippen molar-refractivity contribution in [1.82, 2.24) is 4.98 Å². The minimum absolute atomic E-state index is 0.0272. The molecule has 1 saturated carbocycles. The molecule has 2 heterocycles. The van der Waals surface area contributed by atoms with Crippen molar-refractivity contribution in [1.29, 1.82) is 0 Å². The maximum absolute atomic E-state index is 14.6. The molecule has 10 heteroatoms. The molecule has 0 bridgehead atoms. The number of aliphatic imine (C=N–C) groups is 1. The van der Waals surface area contributed by atoms with Crippen LogP contribution in [0.15, 0.2) is 41.5 Å². The Hall–Kier alpha value is -3.01. The van der Waals surface area contributed by atoms with Crippen LogP contribution in [0, 0.1) is 11.7 Å². The SMILES string of the molecule is COc1ccc(C(=O)Nc2ccc(F)c(C3CS(=O)(=O)C(CC4CC4)C(N)=N3)c2)nc1. The Kier molecular flexibility index (Phi) is 5.65. The predicted octanol–water partition coefficient (Wildman–Crippen LogP) is 2.48. The fraction of sp³-hybridized carbons (Fsp3) is 0.381. The van der Waals surface area contributed by atoms with Crippen molar-refractivity contribution < 1.29 is 22.3 Å². The molecule has 8 nitrogen and oxygen atoms in total. The van der Waals surface area contributed by atoms with Crippen molar-refractivity contribution >= 4 is 27.3 Å². The van der Waals surface area contributed by atoms with E-state index in [1.807, 2.05) is 0 Å². The van der Waals surface area contributed by atoms with Crippen molar-refractivity contribution in [3.05, 3.63) is 53.6 Å². The fourth-order valence-electron chi connectivity index (χ4n) is 3.61. The zero-order valence-corrected chi connectivity index (χ0v) is 17.7. The van der Waals surface area contributed by atoms with Gasteiger partial charge >= 0.3 is 0 Å². The molecule has 2 aromatic rings. The second-order valence-electron chi connectivity index (χ2n) is 7.84. The normalized spacial score (nSPS) is 22.5. The summed E-state index contributed by atoms with van der Waals surface area (Å²) in [4.78, 5) is 20.8. The van der Waals surface area contributed by atoms with Gasteiger partial charge in [-0.25, -0.2) is 17.8 Å². The molecule has 1 fully saturated rings. The van der Waals surface area contributed by atoms with Crippen LogP contribution >= 0.6 is 0 Å². The van der Waals surface area contributed by atoms with Crippen LogP contribution in [0.2, 0.25) is 0 Å². The van der Waals surface area contributed by atoms with Gasteiger partial charge in [0.1, 0.15) is 28.3 Å². The van der Waals surface area contributed by atoms with Crippen molar-refractivity contribution in [2.45, 2.75) is 30.6 Å². The molecule has 1 aliphatic carbocycles. The molecular weight excluding hydrogens is 423 g/mol. The van der Waals surface area contributed by atoms with Gasteiger partial charge in [-0.15, -0.1) is 0 Å². The van der Waals surface area contributed by atoms with Crippen LogP contribution < -0.4 is 15.8 Å². The predicted molar refractivity (Wildman–Crippen MR) is 114 cm³/mol. The van der Waals surface area contributed by atoms with E-state index in [0.717, 1.165) is 12.8 Å². The molecule has 3 N–H and O–H groups in total. The summed E-state index contributed by atoms with van der Waals surface area (Å²) in [5.74, 6) is -0.526. The van der Waals surface area contributed by atoms with Crippen molar-refractivity contribution in [2.24, 2.45) is 16.6 Å². The van der Waals surface area contributed by atoms with Gasteiger partial charge in [0.25, 0.3) is 5.91 Å². The number of ether oxygens (including phenoxy) is 1. The van der Waals surface area contributed by atoms with Crippen LogP contribution in [-0.2, 0) is 9.84 Å². The van der Waals surface area contributed by atoms with Gasteiger partial charge in [-0.05, 0) is 42.7 Å². The first-order chi connectivity index (χ1) is 14.8. The summed E-state index contributed by atoms with van der Waals surface area (Å²) in [6.45, 7) is 0. The molecule has 0 spiro atoms. The molecule has 4 rings (SSSR count). The molecule has 0 radical (unpaired) electrons. The maximum Gasteiger partial charge on any atom is 0.274 e. The number of aromatic nitrogens is 1. The molecule has 31 heavy (non-hydrogen) atoms. The Balaban J connectivity index is 1.56. The first-order valence-corrected chi connectivity index (χ1v) is 11.6. The first-order valence-electron chi connectivity index (χ1n) is 9.92. The van der Waals surface area contributed by atoms with Gasteiger partial charge in [0.05, 0.1) is 25.1 Å². The third-order valence-electron chi connectivity index (χ3n) is 5.52. The number of anilines is 1. The lowest BCUT2D eigenvalue weighted by atomic mass is 10.1. The zero-order valence-electron chi connectivity index (χ0n) is 16.9. The maximum atomic E-state index is 14.6. The second-order valence-corrected chi connectivity index (χ2v) is 10.1. The van der Waals surface area contributed by atoms with Crippen molar-refractivity contribution in [3.63, 3.8) is 0 Å². The number of sulfone groups is 1. The lowest BCUT2D eigenvalue weighted by Crippen LogP contribution is -2.43. The van der Waals surface area contributed by atoms with Crippen LogP contribution in [0.5, 0.6) is 5.75 Å². The molecular formula is C21H23FN4O4S. The van der Waals surface area contributed by atoms with Gasteiger partial charge in [-0.3, -0.25) is 9.79 Å². The molecule has 2 atom stereocenters. The monoisotopic (exact) mass is 446 g/mol. The van der Waals surface area contributed by atoms with Gasteiger partial charge < -0.3 is 15.8 Å². The van der Waals surface area contributed by atoms with Gasteiger partial charge in [-0.1, -0.05) is 12.8 Å². The number of pyridine rings is 1. The Morgan fingerprint density at radius 2 is 2.06 bits per heavy atom. The van der Waals surface area contributed by atoms with E-state index in [4.69, 9.17) is 10.5 Å². The topological polar surface area (TPSA) is 124 Å². The minimum Gasteiger partial charge on any atom is -0.495 e. The second kappa shape index (κ2) is 8.26. The molecule has 1 aromatic heterocycles. The summed E-state index contributed by atoms with van der Waals surface area (Å²) < 4.78 is 45.1. The summed E-state index contributed by atoms with van der Waals surface area (Å²) in [6, 6.07) is 6.07. The Morgan fingerprint density at radius 1 is 1.29 bits per heavy atom. The number of nitrogens with two attached hydrogens (primary N) is 1. The van der Waals surface area contributed by atoms with Crippen LogP contribution in [0.25, 0.3) is 0 Å². The molecule has 1 aromatic carbocycles. The summed E-state index contributed by atoms with van der Waals surface area (Å²) in [7, 11) is -2.07. The molecule has 2 aliphatic rings. The van der Waals surface area contributed by atoms with E-state index in [-0.39, 0.29) is 22.8 Å². The number of benzene rings is 1. The summed E-state index contributed by atoms with van der Waals surface area (Å²) in [6.07, 6.45) is 3.88. The summed E-state index contributed by atoms with van der Waals surface area (Å²) >= 11 is 0. The summed E-state index contributed by atoms with van der Waals surface area (Å²) in [5, 5.41) is 1.84. The number of hydrogen-bond donors (Lipinski definition) is 2.